The second kappa shape index (κ2) is 8.31. The number of nitrogens with one attached hydrogen (secondary N) is 2. The second-order valence-corrected chi connectivity index (χ2v) is 5.57. The van der Waals surface area contributed by atoms with Gasteiger partial charge in [-0.1, -0.05) is 6.92 Å². The molecule has 2 aliphatic rings. The maximum Gasteiger partial charge on any atom is 0.311 e. The van der Waals surface area contributed by atoms with Gasteiger partial charge in [-0.3, -0.25) is 14.5 Å². The summed E-state index contributed by atoms with van der Waals surface area (Å²) in [6, 6.07) is 0. The van der Waals surface area contributed by atoms with Gasteiger partial charge >= 0.3 is 11.8 Å². The van der Waals surface area contributed by atoms with Gasteiger partial charge in [-0.05, 0) is 6.54 Å². The number of nitrogens with zero attached hydrogens (tertiary/aromatic N) is 3. The third-order valence-electron chi connectivity index (χ3n) is 4.22. The average molecular weight is 297 g/mol. The smallest absolute Gasteiger partial charge is 0.311 e. The number of carbonyl (C=O) groups is 2. The molecule has 2 N–H and O–H groups in total. The predicted octanol–water partition coefficient (Wildman–Crippen LogP) is -1.83. The van der Waals surface area contributed by atoms with Crippen LogP contribution < -0.4 is 10.6 Å². The molecule has 0 unspecified atom stereocenters. The molecule has 7 nitrogen and oxygen atoms in total. The molecule has 2 rings (SSSR count). The molecule has 0 aromatic carbocycles. The lowest BCUT2D eigenvalue weighted by molar-refractivity contribution is -0.147. The molecule has 2 aliphatic heterocycles. The quantitative estimate of drug-likeness (QED) is 0.598. The Kier molecular flexibility index (Phi) is 6.41. The summed E-state index contributed by atoms with van der Waals surface area (Å²) in [4.78, 5) is 30.2. The third-order valence-corrected chi connectivity index (χ3v) is 4.22. The zero-order chi connectivity index (χ0) is 15.1. The highest BCUT2D eigenvalue weighted by atomic mass is 16.2. The normalized spacial score (nSPS) is 21.3. The van der Waals surface area contributed by atoms with E-state index in [2.05, 4.69) is 27.4 Å². The molecule has 2 saturated heterocycles. The maximum atomic E-state index is 12.0. The maximum absolute atomic E-state index is 12.0. The molecule has 0 bridgehead atoms. The summed E-state index contributed by atoms with van der Waals surface area (Å²) in [6.07, 6.45) is 0. The van der Waals surface area contributed by atoms with E-state index in [1.165, 1.54) is 0 Å². The first kappa shape index (κ1) is 16.2. The monoisotopic (exact) mass is 297 g/mol. The lowest BCUT2D eigenvalue weighted by atomic mass is 10.3. The van der Waals surface area contributed by atoms with Crippen molar-refractivity contribution in [1.29, 1.82) is 0 Å². The SMILES string of the molecule is CCN1CCN(C(=O)C(=O)NCCN2CCNCC2)CC1. The number of rotatable bonds is 4. The lowest BCUT2D eigenvalue weighted by Gasteiger charge is -2.33. The van der Waals surface area contributed by atoms with Crippen LogP contribution in [0.25, 0.3) is 0 Å². The van der Waals surface area contributed by atoms with Crippen LogP contribution in [0.15, 0.2) is 0 Å². The Balaban J connectivity index is 1.64. The van der Waals surface area contributed by atoms with Crippen molar-refractivity contribution in [2.24, 2.45) is 0 Å². The van der Waals surface area contributed by atoms with Crippen LogP contribution in [-0.2, 0) is 9.59 Å². The summed E-state index contributed by atoms with van der Waals surface area (Å²) in [6.45, 7) is 11.5. The molecule has 0 atom stereocenters. The first-order valence-electron chi connectivity index (χ1n) is 7.93. The molecule has 2 amide bonds. The van der Waals surface area contributed by atoms with Crippen LogP contribution in [0.4, 0.5) is 0 Å². The van der Waals surface area contributed by atoms with Gasteiger partial charge in [0.15, 0.2) is 0 Å². The van der Waals surface area contributed by atoms with Gasteiger partial charge in [0.2, 0.25) is 0 Å². The molecule has 2 fully saturated rings. The Hall–Kier alpha value is -1.18. The summed E-state index contributed by atoms with van der Waals surface area (Å²) in [5.41, 5.74) is 0. The summed E-state index contributed by atoms with van der Waals surface area (Å²) in [5.74, 6) is -0.846. The average Bonchev–Trinajstić information content (AvgIpc) is 2.55. The van der Waals surface area contributed by atoms with Crippen LogP contribution in [0.2, 0.25) is 0 Å². The minimum atomic E-state index is -0.463. The Bertz CT molecular complexity index is 349. The minimum absolute atomic E-state index is 0.383. The Morgan fingerprint density at radius 1 is 1.00 bits per heavy atom. The zero-order valence-corrected chi connectivity index (χ0v) is 12.9. The summed E-state index contributed by atoms with van der Waals surface area (Å²) < 4.78 is 0. The fourth-order valence-electron chi connectivity index (χ4n) is 2.75. The van der Waals surface area contributed by atoms with E-state index < -0.39 is 5.91 Å². The standard InChI is InChI=1S/C14H27N5O2/c1-2-17-9-11-19(12-10-17)14(21)13(20)16-5-8-18-6-3-15-4-7-18/h15H,2-12H2,1H3,(H,16,20). The van der Waals surface area contributed by atoms with E-state index in [-0.39, 0.29) is 5.91 Å². The second-order valence-electron chi connectivity index (χ2n) is 5.57. The number of likely N-dealkylation sites (N-methyl/N-ethyl adjacent to an activating group) is 1. The third kappa shape index (κ3) is 4.94. The first-order valence-corrected chi connectivity index (χ1v) is 7.93. The summed E-state index contributed by atoms with van der Waals surface area (Å²) >= 11 is 0. The largest absolute Gasteiger partial charge is 0.347 e. The number of hydrogen-bond donors (Lipinski definition) is 2. The minimum Gasteiger partial charge on any atom is -0.347 e. The molecule has 0 spiro atoms. The molecule has 120 valence electrons. The molecule has 0 aromatic heterocycles. The van der Waals surface area contributed by atoms with E-state index in [0.717, 1.165) is 52.4 Å². The van der Waals surface area contributed by atoms with E-state index in [4.69, 9.17) is 0 Å². The molecular weight excluding hydrogens is 270 g/mol. The van der Waals surface area contributed by atoms with Crippen LogP contribution in [-0.4, -0.2) is 98.5 Å². The van der Waals surface area contributed by atoms with Crippen LogP contribution in [0.3, 0.4) is 0 Å². The van der Waals surface area contributed by atoms with Gasteiger partial charge in [0.05, 0.1) is 0 Å². The van der Waals surface area contributed by atoms with Crippen molar-refractivity contribution in [2.75, 3.05) is 72.0 Å². The van der Waals surface area contributed by atoms with Crippen molar-refractivity contribution in [3.05, 3.63) is 0 Å². The van der Waals surface area contributed by atoms with Gasteiger partial charge in [0.1, 0.15) is 0 Å². The molecular formula is C14H27N5O2. The summed E-state index contributed by atoms with van der Waals surface area (Å²) in [7, 11) is 0. The topological polar surface area (TPSA) is 67.9 Å². The van der Waals surface area contributed by atoms with Crippen molar-refractivity contribution in [1.82, 2.24) is 25.3 Å². The van der Waals surface area contributed by atoms with E-state index in [0.29, 0.717) is 19.6 Å². The van der Waals surface area contributed by atoms with Gasteiger partial charge in [0, 0.05) is 65.4 Å². The van der Waals surface area contributed by atoms with E-state index in [1.807, 2.05) is 0 Å². The van der Waals surface area contributed by atoms with Crippen molar-refractivity contribution in [2.45, 2.75) is 6.92 Å². The van der Waals surface area contributed by atoms with Gasteiger partial charge in [-0.15, -0.1) is 0 Å². The highest BCUT2D eigenvalue weighted by Crippen LogP contribution is 2.01. The molecule has 7 heteroatoms. The number of carbonyl (C=O) groups excluding carboxylic acids is 2. The van der Waals surface area contributed by atoms with Gasteiger partial charge < -0.3 is 20.4 Å². The van der Waals surface area contributed by atoms with Crippen LogP contribution in [0, 0.1) is 0 Å². The molecule has 21 heavy (non-hydrogen) atoms. The number of amides is 2. The van der Waals surface area contributed by atoms with Crippen molar-refractivity contribution < 1.29 is 9.59 Å². The molecule has 2 heterocycles. The zero-order valence-electron chi connectivity index (χ0n) is 12.9. The Labute approximate surface area is 126 Å². The van der Waals surface area contributed by atoms with Gasteiger partial charge in [-0.25, -0.2) is 0 Å². The Morgan fingerprint density at radius 2 is 1.67 bits per heavy atom. The van der Waals surface area contributed by atoms with Gasteiger partial charge in [0.25, 0.3) is 0 Å². The molecule has 0 aliphatic carbocycles. The Morgan fingerprint density at radius 3 is 2.29 bits per heavy atom. The highest BCUT2D eigenvalue weighted by Gasteiger charge is 2.25. The fourth-order valence-corrected chi connectivity index (χ4v) is 2.75. The van der Waals surface area contributed by atoms with Crippen LogP contribution >= 0.6 is 0 Å². The van der Waals surface area contributed by atoms with Crippen molar-refractivity contribution in [3.63, 3.8) is 0 Å². The summed E-state index contributed by atoms with van der Waals surface area (Å²) in [5, 5.41) is 6.04. The highest BCUT2D eigenvalue weighted by molar-refractivity contribution is 6.35. The van der Waals surface area contributed by atoms with Crippen molar-refractivity contribution >= 4 is 11.8 Å². The van der Waals surface area contributed by atoms with E-state index in [1.54, 1.807) is 4.90 Å². The van der Waals surface area contributed by atoms with Crippen LogP contribution in [0.5, 0.6) is 0 Å². The number of hydrogen-bond acceptors (Lipinski definition) is 5. The lowest BCUT2D eigenvalue weighted by Crippen LogP contribution is -2.53. The molecule has 0 radical (unpaired) electrons. The van der Waals surface area contributed by atoms with Crippen molar-refractivity contribution in [3.8, 4) is 0 Å². The van der Waals surface area contributed by atoms with E-state index >= 15 is 0 Å². The number of piperazine rings is 2. The predicted molar refractivity (Wildman–Crippen MR) is 81.0 cm³/mol. The van der Waals surface area contributed by atoms with Crippen LogP contribution in [0.1, 0.15) is 6.92 Å². The molecule has 0 aromatic rings. The molecule has 0 saturated carbocycles. The van der Waals surface area contributed by atoms with Gasteiger partial charge in [-0.2, -0.15) is 0 Å². The fraction of sp³-hybridized carbons (Fsp3) is 0.857. The first-order chi connectivity index (χ1) is 10.2. The van der Waals surface area contributed by atoms with E-state index in [9.17, 15) is 9.59 Å².